The Balaban J connectivity index is 0.000000197. The molecule has 7 rings (SSSR count). The highest BCUT2D eigenvalue weighted by Gasteiger charge is 2.35. The zero-order valence-corrected chi connectivity index (χ0v) is 29.2. The number of carbonyl (C=O) groups is 1. The Morgan fingerprint density at radius 3 is 1.56 bits per heavy atom. The molecule has 0 N–H and O–H groups in total. The molecule has 3 nitrogen and oxygen atoms in total. The first-order valence-electron chi connectivity index (χ1n) is 17.1. The van der Waals surface area contributed by atoms with Gasteiger partial charge >= 0.3 is 32.0 Å². The van der Waals surface area contributed by atoms with Crippen LogP contribution in [0.25, 0.3) is 16.7 Å². The van der Waals surface area contributed by atoms with Gasteiger partial charge in [0.2, 0.25) is 0 Å². The molecular formula is C41H36B2F8O3. The van der Waals surface area contributed by atoms with Gasteiger partial charge in [0.15, 0.2) is 0 Å². The summed E-state index contributed by atoms with van der Waals surface area (Å²) in [6.45, 7) is 2.14. The molecule has 2 aliphatic carbocycles. The number of fused-ring (bicyclic) bond motifs is 2. The van der Waals surface area contributed by atoms with Crippen molar-refractivity contribution in [1.29, 1.82) is 0 Å². The van der Waals surface area contributed by atoms with Crippen LogP contribution >= 0.6 is 0 Å². The zero-order valence-electron chi connectivity index (χ0n) is 29.2. The van der Waals surface area contributed by atoms with Crippen molar-refractivity contribution in [2.75, 3.05) is 6.61 Å². The Bertz CT molecular complexity index is 1870. The molecular weight excluding hydrogens is 714 g/mol. The van der Waals surface area contributed by atoms with E-state index >= 15 is 0 Å². The molecule has 0 fully saturated rings. The molecule has 2 aliphatic rings. The quantitative estimate of drug-likeness (QED) is 0.0433. The number of halogens is 8. The fraction of sp³-hybridized carbons (Fsp3) is 0.146. The average Bonchev–Trinajstić information content (AvgIpc) is 3.15. The van der Waals surface area contributed by atoms with Crippen molar-refractivity contribution in [2.24, 2.45) is 0 Å². The number of allylic oxidation sites excluding steroid dienone is 4. The maximum atomic E-state index is 12.3. The van der Waals surface area contributed by atoms with Crippen LogP contribution < -0.4 is 0 Å². The zero-order chi connectivity index (χ0) is 39.1. The molecule has 5 aromatic rings. The van der Waals surface area contributed by atoms with Gasteiger partial charge in [0.25, 0.3) is 0 Å². The van der Waals surface area contributed by atoms with E-state index in [4.69, 9.17) is 9.15 Å². The lowest BCUT2D eigenvalue weighted by Crippen LogP contribution is -2.12. The summed E-state index contributed by atoms with van der Waals surface area (Å²) < 4.78 is 89.3. The predicted molar refractivity (Wildman–Crippen MR) is 198 cm³/mol. The molecule has 1 aromatic heterocycles. The standard InChI is InChI=1S/C22H21O3.C19H15.2BF4/c1-2-24-22(23)20-14-19(15-8-4-3-5-9-15)18-13-12-16-10-6-7-11-17(16)21(18)25-20;1-4-10-16(11-5-1)19(17-12-6-2-7-13-17)18-14-8-3-9-15-18;2*2-1(3,4)5/h3-6,8-10,14H,2,7,11-13H2,1H3;1-15H;;/q2*+1;2*-1. The maximum Gasteiger partial charge on any atom is 0.673 e. The largest absolute Gasteiger partial charge is 0.673 e. The minimum atomic E-state index is -6.00. The van der Waals surface area contributed by atoms with E-state index in [0.717, 1.165) is 42.6 Å². The van der Waals surface area contributed by atoms with Gasteiger partial charge in [0, 0.05) is 5.56 Å². The third-order valence-corrected chi connectivity index (χ3v) is 8.02. The molecule has 4 aromatic carbocycles. The Morgan fingerprint density at radius 1 is 0.667 bits per heavy atom. The molecule has 0 saturated carbocycles. The van der Waals surface area contributed by atoms with Gasteiger partial charge in [-0.3, -0.25) is 0 Å². The molecule has 0 spiro atoms. The summed E-state index contributed by atoms with van der Waals surface area (Å²) in [5.41, 5.74) is 9.71. The molecule has 1 heterocycles. The fourth-order valence-electron chi connectivity index (χ4n) is 5.99. The van der Waals surface area contributed by atoms with Crippen LogP contribution in [0.5, 0.6) is 0 Å². The molecule has 0 atom stereocenters. The third kappa shape index (κ3) is 13.1. The molecule has 0 bridgehead atoms. The summed E-state index contributed by atoms with van der Waals surface area (Å²) in [5, 5.41) is 0. The lowest BCUT2D eigenvalue weighted by Gasteiger charge is -2.19. The minimum Gasteiger partial charge on any atom is -0.456 e. The lowest BCUT2D eigenvalue weighted by atomic mass is 9.82. The Kier molecular flexibility index (Phi) is 14.9. The van der Waals surface area contributed by atoms with E-state index in [1.165, 1.54) is 39.3 Å². The molecule has 13 heteroatoms. The second-order valence-electron chi connectivity index (χ2n) is 11.8. The van der Waals surface area contributed by atoms with Crippen LogP contribution in [-0.2, 0) is 11.2 Å². The highest BCUT2D eigenvalue weighted by Crippen LogP contribution is 2.42. The van der Waals surface area contributed by atoms with Crippen molar-refractivity contribution in [2.45, 2.75) is 32.6 Å². The van der Waals surface area contributed by atoms with Gasteiger partial charge in [-0.05, 0) is 117 Å². The molecule has 0 amide bonds. The van der Waals surface area contributed by atoms with Gasteiger partial charge in [-0.25, -0.2) is 4.79 Å². The van der Waals surface area contributed by atoms with Crippen LogP contribution in [0.3, 0.4) is 0 Å². The number of ether oxygens (including phenoxy) is 1. The molecule has 0 aliphatic heterocycles. The monoisotopic (exact) mass is 750 g/mol. The molecule has 54 heavy (non-hydrogen) atoms. The third-order valence-electron chi connectivity index (χ3n) is 8.02. The normalized spacial score (nSPS) is 13.0. The van der Waals surface area contributed by atoms with Gasteiger partial charge in [0.05, 0.1) is 46.4 Å². The number of carbonyl (C=O) groups excluding carboxylic acids is 1. The van der Waals surface area contributed by atoms with Crippen molar-refractivity contribution in [1.82, 2.24) is 0 Å². The van der Waals surface area contributed by atoms with E-state index in [-0.39, 0.29) is 5.76 Å². The van der Waals surface area contributed by atoms with Gasteiger partial charge in [0.1, 0.15) is 0 Å². The summed E-state index contributed by atoms with van der Waals surface area (Å²) in [5.74, 6) is 2.03. The SMILES string of the molecule is CCOC(=O)c1cc(-c2ccccc2)c2c([o+]1)C1=C(C=CCC1)CC2.F[B-](F)(F)F.F[B-](F)(F)F.c1ccc([C+](c2ccccc2)c2ccccc2)cc1. The first-order chi connectivity index (χ1) is 25.7. The Labute approximate surface area is 309 Å². The summed E-state index contributed by atoms with van der Waals surface area (Å²) in [6.07, 6.45) is 8.34. The number of esters is 1. The second-order valence-corrected chi connectivity index (χ2v) is 11.8. The van der Waals surface area contributed by atoms with Crippen LogP contribution in [0.4, 0.5) is 34.5 Å². The average molecular weight is 750 g/mol. The van der Waals surface area contributed by atoms with Crippen molar-refractivity contribution in [3.05, 3.63) is 185 Å². The van der Waals surface area contributed by atoms with Crippen molar-refractivity contribution in [3.8, 4) is 11.1 Å². The lowest BCUT2D eigenvalue weighted by molar-refractivity contribution is 0.0486. The van der Waals surface area contributed by atoms with Crippen LogP contribution in [-0.4, -0.2) is 27.1 Å². The molecule has 280 valence electrons. The van der Waals surface area contributed by atoms with Gasteiger partial charge < -0.3 is 39.3 Å². The topological polar surface area (TPSA) is 37.6 Å². The van der Waals surface area contributed by atoms with E-state index in [2.05, 4.69) is 115 Å². The first-order valence-corrected chi connectivity index (χ1v) is 17.1. The summed E-state index contributed by atoms with van der Waals surface area (Å²) >= 11 is 0. The summed E-state index contributed by atoms with van der Waals surface area (Å²) in [7, 11) is -12.0. The fourth-order valence-corrected chi connectivity index (χ4v) is 5.99. The molecule has 0 saturated heterocycles. The Hall–Kier alpha value is -5.58. The van der Waals surface area contributed by atoms with Crippen LogP contribution in [0.1, 0.15) is 64.8 Å². The van der Waals surface area contributed by atoms with Crippen molar-refractivity contribution < 1.29 is 48.5 Å². The number of hydrogen-bond donors (Lipinski definition) is 0. The van der Waals surface area contributed by atoms with Crippen LogP contribution in [0.15, 0.2) is 150 Å². The van der Waals surface area contributed by atoms with E-state index in [9.17, 15) is 39.3 Å². The van der Waals surface area contributed by atoms with Crippen molar-refractivity contribution in [3.63, 3.8) is 0 Å². The van der Waals surface area contributed by atoms with E-state index in [1.54, 1.807) is 6.92 Å². The predicted octanol–water partition coefficient (Wildman–Crippen LogP) is 12.8. The molecule has 0 radical (unpaired) electrons. The highest BCUT2D eigenvalue weighted by molar-refractivity contribution is 6.50. The minimum absolute atomic E-state index is 0.280. The van der Waals surface area contributed by atoms with E-state index < -0.39 is 20.5 Å². The second kappa shape index (κ2) is 19.5. The van der Waals surface area contributed by atoms with Gasteiger partial charge in [-0.2, -0.15) is 4.42 Å². The highest BCUT2D eigenvalue weighted by atomic mass is 19.5. The molecule has 0 unspecified atom stereocenters. The number of hydrogen-bond acceptors (Lipinski definition) is 2. The van der Waals surface area contributed by atoms with E-state index in [1.807, 2.05) is 24.3 Å². The van der Waals surface area contributed by atoms with Crippen molar-refractivity contribution >= 4 is 26.1 Å². The van der Waals surface area contributed by atoms with Gasteiger partial charge in [-0.15, -0.1) is 0 Å². The smallest absolute Gasteiger partial charge is 0.456 e. The summed E-state index contributed by atoms with van der Waals surface area (Å²) in [6, 6.07) is 43.7. The number of benzene rings is 4. The van der Waals surface area contributed by atoms with Gasteiger partial charge in [-0.1, -0.05) is 60.7 Å². The van der Waals surface area contributed by atoms with E-state index in [0.29, 0.717) is 6.61 Å². The van der Waals surface area contributed by atoms with Crippen LogP contribution in [0, 0.1) is 5.92 Å². The first kappa shape index (κ1) is 41.2. The number of rotatable bonds is 6. The maximum absolute atomic E-state index is 12.3. The summed E-state index contributed by atoms with van der Waals surface area (Å²) in [4.78, 5) is 12.3. The Morgan fingerprint density at radius 2 is 1.11 bits per heavy atom. The van der Waals surface area contributed by atoms with Crippen LogP contribution in [0.2, 0.25) is 0 Å².